The molecule has 0 fully saturated rings. The van der Waals surface area contributed by atoms with E-state index in [1.165, 1.54) is 0 Å². The molecule has 0 bridgehead atoms. The van der Waals surface area contributed by atoms with Gasteiger partial charge in [0.05, 0.1) is 24.4 Å². The minimum atomic E-state index is -4.45. The van der Waals surface area contributed by atoms with E-state index in [0.717, 1.165) is 0 Å². The molecule has 0 saturated heterocycles. The van der Waals surface area contributed by atoms with Gasteiger partial charge in [-0.25, -0.2) is 16.8 Å². The zero-order valence-electron chi connectivity index (χ0n) is 18.2. The molecular weight excluding hydrogens is 466 g/mol. The van der Waals surface area contributed by atoms with E-state index in [1.54, 1.807) is 55.4 Å². The Morgan fingerprint density at radius 3 is 0.931 bits per heavy atom. The van der Waals surface area contributed by atoms with Gasteiger partial charge in [0.1, 0.15) is 0 Å². The monoisotopic (exact) mass is 500 g/mol. The Labute approximate surface area is 174 Å². The van der Waals surface area contributed by atoms with Crippen LogP contribution in [-0.4, -0.2) is 57.3 Å². The summed E-state index contributed by atoms with van der Waals surface area (Å²) in [5.74, 6) is 0. The molecule has 0 aromatic rings. The highest BCUT2D eigenvalue weighted by Crippen LogP contribution is 2.53. The van der Waals surface area contributed by atoms with E-state index in [1.807, 2.05) is 0 Å². The van der Waals surface area contributed by atoms with Crippen LogP contribution in [0, 0.1) is 0 Å². The van der Waals surface area contributed by atoms with Gasteiger partial charge in [-0.1, -0.05) is 0 Å². The molecule has 0 aliphatic heterocycles. The summed E-state index contributed by atoms with van der Waals surface area (Å²) in [7, 11) is -17.1. The minimum Gasteiger partial charge on any atom is -0.305 e. The third kappa shape index (κ3) is 13.3. The van der Waals surface area contributed by atoms with Crippen molar-refractivity contribution in [1.29, 1.82) is 0 Å². The Balaban J connectivity index is 5.61. The minimum absolute atomic E-state index is 0.606. The molecule has 176 valence electrons. The van der Waals surface area contributed by atoms with Crippen LogP contribution in [0.25, 0.3) is 0 Å². The second-order valence-corrected chi connectivity index (χ2v) is 17.0. The Morgan fingerprint density at radius 1 is 0.552 bits per heavy atom. The lowest BCUT2D eigenvalue weighted by Gasteiger charge is -2.24. The molecular formula is C15H34O10P2S2. The van der Waals surface area contributed by atoms with Gasteiger partial charge in [-0.15, -0.1) is 0 Å². The van der Waals surface area contributed by atoms with Crippen molar-refractivity contribution in [1.82, 2.24) is 0 Å². The smallest absolute Gasteiger partial charge is 0.305 e. The van der Waals surface area contributed by atoms with Crippen molar-refractivity contribution in [2.45, 2.75) is 79.8 Å². The van der Waals surface area contributed by atoms with E-state index in [9.17, 15) is 26.0 Å². The van der Waals surface area contributed by atoms with E-state index >= 15 is 0 Å². The summed E-state index contributed by atoms with van der Waals surface area (Å²) in [4.78, 5) is 0. The van der Waals surface area contributed by atoms with Gasteiger partial charge in [0.2, 0.25) is 0 Å². The molecule has 0 aromatic heterocycles. The summed E-state index contributed by atoms with van der Waals surface area (Å²) in [6.45, 7) is 12.4. The maximum absolute atomic E-state index is 12.8. The average Bonchev–Trinajstić information content (AvgIpc) is 2.27. The molecule has 0 N–H and O–H groups in total. The van der Waals surface area contributed by atoms with E-state index in [2.05, 4.69) is 0 Å². The molecule has 0 heterocycles. The predicted octanol–water partition coefficient (Wildman–Crippen LogP) is 3.77. The molecule has 14 heteroatoms. The Hall–Kier alpha value is 0.200. The van der Waals surface area contributed by atoms with Crippen molar-refractivity contribution in [3.8, 4) is 0 Å². The summed E-state index contributed by atoms with van der Waals surface area (Å²) in [6.07, 6.45) is -2.42. The van der Waals surface area contributed by atoms with Gasteiger partial charge in [0.15, 0.2) is 35.7 Å². The molecule has 0 aromatic carbocycles. The summed E-state index contributed by atoms with van der Waals surface area (Å²) in [6, 6.07) is 0. The van der Waals surface area contributed by atoms with E-state index < -0.39 is 75.4 Å². The van der Waals surface area contributed by atoms with Crippen LogP contribution in [0.4, 0.5) is 0 Å². The maximum Gasteiger partial charge on any atom is 0.346 e. The lowest BCUT2D eigenvalue weighted by molar-refractivity contribution is 0.144. The summed E-state index contributed by atoms with van der Waals surface area (Å²) in [5, 5.41) is -1.39. The molecule has 10 nitrogen and oxygen atoms in total. The van der Waals surface area contributed by atoms with Gasteiger partial charge in [-0.2, -0.15) is 0 Å². The third-order valence-corrected chi connectivity index (χ3v) is 14.1. The summed E-state index contributed by atoms with van der Waals surface area (Å²) >= 11 is 0. The van der Waals surface area contributed by atoms with E-state index in [0.29, 0.717) is 0 Å². The molecule has 29 heavy (non-hydrogen) atoms. The van der Waals surface area contributed by atoms with Gasteiger partial charge in [0, 0.05) is 0 Å². The largest absolute Gasteiger partial charge is 0.346 e. The Bertz CT molecular complexity index is 720. The van der Waals surface area contributed by atoms with Gasteiger partial charge in [-0.05, 0) is 55.4 Å². The van der Waals surface area contributed by atoms with Crippen LogP contribution in [0.5, 0.6) is 0 Å². The highest BCUT2D eigenvalue weighted by molar-refractivity contribution is 8.12. The summed E-state index contributed by atoms with van der Waals surface area (Å²) in [5.41, 5.74) is -2.23. The molecule has 0 amide bonds. The molecule has 0 saturated carbocycles. The van der Waals surface area contributed by atoms with Crippen LogP contribution in [0.3, 0.4) is 0 Å². The zero-order valence-corrected chi connectivity index (χ0v) is 21.6. The van der Waals surface area contributed by atoms with Crippen molar-refractivity contribution in [2.75, 3.05) is 16.1 Å². The quantitative estimate of drug-likeness (QED) is 0.324. The molecule has 0 aliphatic rings. The first-order valence-electron chi connectivity index (χ1n) is 9.11. The predicted molar refractivity (Wildman–Crippen MR) is 113 cm³/mol. The summed E-state index contributed by atoms with van der Waals surface area (Å²) < 4.78 is 96.1. The molecule has 0 aliphatic carbocycles. The first kappa shape index (κ1) is 29.2. The molecule has 0 radical (unpaired) electrons. The lowest BCUT2D eigenvalue weighted by Crippen LogP contribution is -2.25. The first-order valence-corrected chi connectivity index (χ1v) is 16.2. The normalized spacial score (nSPS) is 14.5. The maximum atomic E-state index is 12.8. The molecule has 0 unspecified atom stereocenters. The number of hydrogen-bond acceptors (Lipinski definition) is 10. The van der Waals surface area contributed by atoms with Crippen molar-refractivity contribution < 1.29 is 44.1 Å². The second-order valence-electron chi connectivity index (χ2n) is 7.70. The standard InChI is InChI=1S/C15H34O10P2S2/c1-12(2)22-26(16,23-13(3)4)9-28(18,19)11-29(20,21)10-27(17,24-14(5)6)25-15(7)8/h12-15H,9-11H2,1-8H3. The molecule has 0 rings (SSSR count). The fourth-order valence-corrected chi connectivity index (χ4v) is 13.9. The number of rotatable bonds is 14. The van der Waals surface area contributed by atoms with E-state index in [-0.39, 0.29) is 0 Å². The van der Waals surface area contributed by atoms with Crippen LogP contribution in [0.2, 0.25) is 0 Å². The molecule has 0 atom stereocenters. The fraction of sp³-hybridized carbons (Fsp3) is 1.00. The van der Waals surface area contributed by atoms with Crippen LogP contribution in [0.15, 0.2) is 0 Å². The average molecular weight is 501 g/mol. The van der Waals surface area contributed by atoms with Crippen LogP contribution < -0.4 is 0 Å². The highest BCUT2D eigenvalue weighted by Gasteiger charge is 2.40. The van der Waals surface area contributed by atoms with Crippen molar-refractivity contribution in [3.05, 3.63) is 0 Å². The first-order chi connectivity index (χ1) is 12.8. The van der Waals surface area contributed by atoms with Gasteiger partial charge in [-0.3, -0.25) is 9.13 Å². The highest BCUT2D eigenvalue weighted by atomic mass is 32.3. The Kier molecular flexibility index (Phi) is 11.3. The van der Waals surface area contributed by atoms with Crippen molar-refractivity contribution in [3.63, 3.8) is 0 Å². The fourth-order valence-electron chi connectivity index (χ4n) is 2.29. The second kappa shape index (κ2) is 11.2. The van der Waals surface area contributed by atoms with Gasteiger partial charge < -0.3 is 18.1 Å². The molecule has 0 spiro atoms. The van der Waals surface area contributed by atoms with Crippen molar-refractivity contribution in [2.24, 2.45) is 0 Å². The number of sulfone groups is 2. The topological polar surface area (TPSA) is 139 Å². The van der Waals surface area contributed by atoms with E-state index in [4.69, 9.17) is 18.1 Å². The SMILES string of the molecule is CC(C)OP(=O)(CS(=O)(=O)CS(=O)(=O)CP(=O)(OC(C)C)OC(C)C)OC(C)C. The Morgan fingerprint density at radius 2 is 0.759 bits per heavy atom. The van der Waals surface area contributed by atoms with Crippen LogP contribution >= 0.6 is 15.2 Å². The zero-order chi connectivity index (χ0) is 23.3. The van der Waals surface area contributed by atoms with Crippen LogP contribution in [0.1, 0.15) is 55.4 Å². The third-order valence-electron chi connectivity index (χ3n) is 2.55. The van der Waals surface area contributed by atoms with Crippen LogP contribution in [-0.2, 0) is 46.9 Å². The lowest BCUT2D eigenvalue weighted by atomic mass is 10.5. The number of hydrogen-bond donors (Lipinski definition) is 0. The van der Waals surface area contributed by atoms with Crippen molar-refractivity contribution >= 4 is 34.9 Å². The van der Waals surface area contributed by atoms with Gasteiger partial charge >= 0.3 is 15.2 Å². The van der Waals surface area contributed by atoms with Gasteiger partial charge in [0.25, 0.3) is 0 Å².